The number of guanidine groups is 1. The second kappa shape index (κ2) is 11.5. The zero-order valence-electron chi connectivity index (χ0n) is 17.9. The van der Waals surface area contributed by atoms with Crippen LogP contribution in [0.5, 0.6) is 0 Å². The lowest BCUT2D eigenvalue weighted by molar-refractivity contribution is 0.0529. The van der Waals surface area contributed by atoms with E-state index < -0.39 is 0 Å². The second-order valence-corrected chi connectivity index (χ2v) is 7.52. The Hall–Kier alpha value is -2.64. The molecule has 2 heterocycles. The summed E-state index contributed by atoms with van der Waals surface area (Å²) in [5.41, 5.74) is 2.17. The van der Waals surface area contributed by atoms with Crippen LogP contribution in [0.15, 0.2) is 53.7 Å². The van der Waals surface area contributed by atoms with E-state index in [0.29, 0.717) is 13.1 Å². The average molecular weight is 412 g/mol. The normalized spacial score (nSPS) is 18.2. The van der Waals surface area contributed by atoms with Crippen LogP contribution < -0.4 is 15.5 Å². The van der Waals surface area contributed by atoms with E-state index in [1.54, 1.807) is 0 Å². The molecular weight excluding hydrogens is 378 g/mol. The fourth-order valence-electron chi connectivity index (χ4n) is 3.47. The number of nitrogens with one attached hydrogen (secondary N) is 2. The predicted octanol–water partition coefficient (Wildman–Crippen LogP) is 2.14. The maximum atomic E-state index is 9.76. The van der Waals surface area contributed by atoms with Crippen molar-refractivity contribution in [1.82, 2.24) is 15.6 Å². The summed E-state index contributed by atoms with van der Waals surface area (Å²) < 4.78 is 5.60. The fraction of sp³-hybridized carbons (Fsp3) is 0.478. The topological polar surface area (TPSA) is 82.0 Å². The van der Waals surface area contributed by atoms with Gasteiger partial charge in [0.2, 0.25) is 0 Å². The predicted molar refractivity (Wildman–Crippen MR) is 121 cm³/mol. The Balaban J connectivity index is 1.57. The van der Waals surface area contributed by atoms with Crippen LogP contribution in [0, 0.1) is 0 Å². The van der Waals surface area contributed by atoms with Crippen LogP contribution in [0.3, 0.4) is 0 Å². The van der Waals surface area contributed by atoms with Gasteiger partial charge in [-0.15, -0.1) is 0 Å². The lowest BCUT2D eigenvalue weighted by Gasteiger charge is -2.32. The lowest BCUT2D eigenvalue weighted by Crippen LogP contribution is -2.41. The number of hydrogen-bond acceptors (Lipinski definition) is 5. The molecule has 7 nitrogen and oxygen atoms in total. The number of benzene rings is 1. The van der Waals surface area contributed by atoms with Gasteiger partial charge in [-0.25, -0.2) is 9.98 Å². The molecule has 1 aromatic heterocycles. The summed E-state index contributed by atoms with van der Waals surface area (Å²) in [4.78, 5) is 11.5. The Morgan fingerprint density at radius 1 is 1.27 bits per heavy atom. The first-order chi connectivity index (χ1) is 14.7. The van der Waals surface area contributed by atoms with E-state index in [2.05, 4.69) is 44.6 Å². The van der Waals surface area contributed by atoms with Gasteiger partial charge in [0.1, 0.15) is 5.82 Å². The quantitative estimate of drug-likeness (QED) is 0.456. The van der Waals surface area contributed by atoms with E-state index >= 15 is 0 Å². The number of ether oxygens (including phenoxy) is 1. The Morgan fingerprint density at radius 3 is 2.77 bits per heavy atom. The summed E-state index contributed by atoms with van der Waals surface area (Å²) in [7, 11) is 0. The Morgan fingerprint density at radius 2 is 2.10 bits per heavy atom. The van der Waals surface area contributed by atoms with Gasteiger partial charge in [-0.2, -0.15) is 0 Å². The molecule has 1 saturated heterocycles. The summed E-state index contributed by atoms with van der Waals surface area (Å²) in [5, 5.41) is 16.4. The van der Waals surface area contributed by atoms with Crippen molar-refractivity contribution in [1.29, 1.82) is 0 Å². The van der Waals surface area contributed by atoms with Crippen molar-refractivity contribution in [2.45, 2.75) is 32.4 Å². The Labute approximate surface area is 179 Å². The molecule has 7 heteroatoms. The third kappa shape index (κ3) is 6.43. The molecule has 1 aliphatic rings. The van der Waals surface area contributed by atoms with Crippen molar-refractivity contribution < 1.29 is 9.84 Å². The van der Waals surface area contributed by atoms with Gasteiger partial charge in [-0.1, -0.05) is 36.4 Å². The van der Waals surface area contributed by atoms with E-state index in [-0.39, 0.29) is 18.6 Å². The zero-order valence-corrected chi connectivity index (χ0v) is 17.9. The smallest absolute Gasteiger partial charge is 0.191 e. The molecule has 0 saturated carbocycles. The molecule has 3 N–H and O–H groups in total. The molecule has 0 radical (unpaired) electrons. The second-order valence-electron chi connectivity index (χ2n) is 7.52. The number of anilines is 1. The van der Waals surface area contributed by atoms with E-state index in [0.717, 1.165) is 49.1 Å². The van der Waals surface area contributed by atoms with Gasteiger partial charge in [0.25, 0.3) is 0 Å². The van der Waals surface area contributed by atoms with Gasteiger partial charge in [0.05, 0.1) is 25.9 Å². The van der Waals surface area contributed by atoms with Crippen LogP contribution in [0.2, 0.25) is 0 Å². The maximum absolute atomic E-state index is 9.76. The largest absolute Gasteiger partial charge is 0.396 e. The molecule has 30 heavy (non-hydrogen) atoms. The van der Waals surface area contributed by atoms with Crippen molar-refractivity contribution in [3.63, 3.8) is 0 Å². The molecule has 1 aliphatic heterocycles. The van der Waals surface area contributed by atoms with Crippen molar-refractivity contribution in [3.05, 3.63) is 59.8 Å². The first-order valence-electron chi connectivity index (χ1n) is 10.7. The van der Waals surface area contributed by atoms with Crippen LogP contribution >= 0.6 is 0 Å². The Bertz CT molecular complexity index is 782. The number of aliphatic hydroxyl groups excluding tert-OH is 1. The number of aromatic nitrogens is 1. The third-order valence-electron chi connectivity index (χ3n) is 5.15. The van der Waals surface area contributed by atoms with Gasteiger partial charge in [-0.05, 0) is 31.0 Å². The highest BCUT2D eigenvalue weighted by molar-refractivity contribution is 5.79. The standard InChI is InChI=1S/C23H33N5O2/c1-3-24-23(27-15-21(17-29)20-7-5-4-6-8-20)26-14-19-9-10-22(25-13-19)28-11-12-30-18(2)16-28/h4-10,13,18,21,29H,3,11-12,14-17H2,1-2H3,(H2,24,26,27). The molecule has 1 aromatic carbocycles. The molecule has 2 aromatic rings. The number of hydrogen-bond donors (Lipinski definition) is 3. The number of aliphatic hydroxyl groups is 1. The molecule has 0 bridgehead atoms. The fourth-order valence-corrected chi connectivity index (χ4v) is 3.47. The molecule has 2 unspecified atom stereocenters. The highest BCUT2D eigenvalue weighted by Crippen LogP contribution is 2.16. The SMILES string of the molecule is CCNC(=NCc1ccc(N2CCOC(C)C2)nc1)NCC(CO)c1ccccc1. The lowest BCUT2D eigenvalue weighted by atomic mass is 10.0. The number of nitrogens with zero attached hydrogens (tertiary/aromatic N) is 3. The van der Waals surface area contributed by atoms with Gasteiger partial charge >= 0.3 is 0 Å². The molecule has 0 spiro atoms. The highest BCUT2D eigenvalue weighted by Gasteiger charge is 2.17. The average Bonchev–Trinajstić information content (AvgIpc) is 2.79. The number of aliphatic imine (C=N–C) groups is 1. The minimum Gasteiger partial charge on any atom is -0.396 e. The molecular formula is C23H33N5O2. The van der Waals surface area contributed by atoms with Gasteiger partial charge in [0, 0.05) is 38.3 Å². The monoisotopic (exact) mass is 411 g/mol. The third-order valence-corrected chi connectivity index (χ3v) is 5.15. The van der Waals surface area contributed by atoms with Crippen LogP contribution in [0.1, 0.15) is 30.9 Å². The number of pyridine rings is 1. The van der Waals surface area contributed by atoms with Crippen LogP contribution in [0.25, 0.3) is 0 Å². The summed E-state index contributed by atoms with van der Waals surface area (Å²) in [6.45, 7) is 8.61. The van der Waals surface area contributed by atoms with E-state index in [1.807, 2.05) is 43.5 Å². The summed E-state index contributed by atoms with van der Waals surface area (Å²) in [6, 6.07) is 14.2. The first-order valence-corrected chi connectivity index (χ1v) is 10.7. The molecule has 2 atom stereocenters. The van der Waals surface area contributed by atoms with E-state index in [9.17, 15) is 5.11 Å². The zero-order chi connectivity index (χ0) is 21.2. The van der Waals surface area contributed by atoms with Gasteiger partial charge in [0.15, 0.2) is 5.96 Å². The summed E-state index contributed by atoms with van der Waals surface area (Å²) in [5.74, 6) is 1.74. The van der Waals surface area contributed by atoms with Gasteiger partial charge in [-0.3, -0.25) is 0 Å². The van der Waals surface area contributed by atoms with Gasteiger partial charge < -0.3 is 25.4 Å². The van der Waals surface area contributed by atoms with Crippen LogP contribution in [-0.4, -0.2) is 61.5 Å². The van der Waals surface area contributed by atoms with Crippen molar-refractivity contribution >= 4 is 11.8 Å². The summed E-state index contributed by atoms with van der Waals surface area (Å²) in [6.07, 6.45) is 2.13. The van der Waals surface area contributed by atoms with Crippen molar-refractivity contribution in [3.8, 4) is 0 Å². The maximum Gasteiger partial charge on any atom is 0.191 e. The molecule has 0 amide bonds. The summed E-state index contributed by atoms with van der Waals surface area (Å²) >= 11 is 0. The molecule has 162 valence electrons. The van der Waals surface area contributed by atoms with E-state index in [1.165, 1.54) is 0 Å². The molecule has 1 fully saturated rings. The van der Waals surface area contributed by atoms with Crippen molar-refractivity contribution in [2.75, 3.05) is 44.3 Å². The number of rotatable bonds is 8. The molecule has 0 aliphatic carbocycles. The number of morpholine rings is 1. The van der Waals surface area contributed by atoms with Crippen LogP contribution in [-0.2, 0) is 11.3 Å². The highest BCUT2D eigenvalue weighted by atomic mass is 16.5. The van der Waals surface area contributed by atoms with Crippen LogP contribution in [0.4, 0.5) is 5.82 Å². The minimum absolute atomic E-state index is 0.0203. The van der Waals surface area contributed by atoms with Crippen molar-refractivity contribution in [2.24, 2.45) is 4.99 Å². The molecule has 3 rings (SSSR count). The Kier molecular flexibility index (Phi) is 8.47. The van der Waals surface area contributed by atoms with E-state index in [4.69, 9.17) is 4.74 Å². The minimum atomic E-state index is 0.0203. The first kappa shape index (κ1) is 22.1.